The summed E-state index contributed by atoms with van der Waals surface area (Å²) in [4.78, 5) is 23.5. The fraction of sp³-hybridized carbons (Fsp3) is 0.438. The molecule has 3 rings (SSSR count). The molecule has 2 aromatic rings. The molecule has 1 N–H and O–H groups in total. The van der Waals surface area contributed by atoms with Crippen LogP contribution in [0.3, 0.4) is 0 Å². The molecule has 1 unspecified atom stereocenters. The Morgan fingerprint density at radius 3 is 3.05 bits per heavy atom. The molecule has 1 amide bonds. The van der Waals surface area contributed by atoms with E-state index >= 15 is 0 Å². The van der Waals surface area contributed by atoms with Crippen LogP contribution in [-0.4, -0.2) is 47.0 Å². The molecule has 0 saturated carbocycles. The van der Waals surface area contributed by atoms with Gasteiger partial charge in [0.15, 0.2) is 0 Å². The third-order valence-corrected chi connectivity index (χ3v) is 4.06. The van der Waals surface area contributed by atoms with Crippen LogP contribution in [0.25, 0.3) is 11.0 Å². The Kier molecular flexibility index (Phi) is 4.10. The van der Waals surface area contributed by atoms with Crippen LogP contribution in [0, 0.1) is 0 Å². The zero-order chi connectivity index (χ0) is 14.7. The second kappa shape index (κ2) is 6.18. The zero-order valence-electron chi connectivity index (χ0n) is 12.2. The van der Waals surface area contributed by atoms with Gasteiger partial charge in [-0.15, -0.1) is 0 Å². The van der Waals surface area contributed by atoms with E-state index in [1.165, 1.54) is 6.42 Å². The predicted molar refractivity (Wildman–Crippen MR) is 82.1 cm³/mol. The number of nitrogens with zero attached hydrogens (tertiary/aromatic N) is 3. The number of nitrogens with one attached hydrogen (secondary N) is 1. The number of para-hydroxylation sites is 1. The highest BCUT2D eigenvalue weighted by molar-refractivity contribution is 6.04. The van der Waals surface area contributed by atoms with Gasteiger partial charge in [-0.2, -0.15) is 0 Å². The van der Waals surface area contributed by atoms with Gasteiger partial charge < -0.3 is 10.2 Å². The molecule has 5 nitrogen and oxygen atoms in total. The minimum Gasteiger partial charge on any atom is -0.334 e. The first-order chi connectivity index (χ1) is 10.3. The Hall–Kier alpha value is -2.01. The topological polar surface area (TPSA) is 58.1 Å². The van der Waals surface area contributed by atoms with Gasteiger partial charge in [0.25, 0.3) is 5.91 Å². The van der Waals surface area contributed by atoms with Crippen LogP contribution in [-0.2, 0) is 0 Å². The summed E-state index contributed by atoms with van der Waals surface area (Å²) in [5.41, 5.74) is 2.12. The molecule has 0 bridgehead atoms. The average molecular weight is 284 g/mol. The summed E-state index contributed by atoms with van der Waals surface area (Å²) in [5.74, 6) is 0.0704. The lowest BCUT2D eigenvalue weighted by Gasteiger charge is -2.35. The van der Waals surface area contributed by atoms with E-state index in [-0.39, 0.29) is 11.9 Å². The Bertz CT molecular complexity index is 636. The van der Waals surface area contributed by atoms with Crippen LogP contribution in [0.1, 0.15) is 29.6 Å². The summed E-state index contributed by atoms with van der Waals surface area (Å²) < 4.78 is 0. The van der Waals surface area contributed by atoms with Crippen molar-refractivity contribution in [1.82, 2.24) is 20.2 Å². The SMILES string of the molecule is CNCC1CCCCN1C(=O)c1cccc2nccnc12. The van der Waals surface area contributed by atoms with Crippen molar-refractivity contribution >= 4 is 16.9 Å². The van der Waals surface area contributed by atoms with Crippen molar-refractivity contribution in [2.75, 3.05) is 20.1 Å². The van der Waals surface area contributed by atoms with Crippen LogP contribution in [0.5, 0.6) is 0 Å². The summed E-state index contributed by atoms with van der Waals surface area (Å²) in [5, 5.41) is 3.19. The van der Waals surface area contributed by atoms with Gasteiger partial charge in [0.1, 0.15) is 5.52 Å². The number of carbonyl (C=O) groups is 1. The van der Waals surface area contributed by atoms with Gasteiger partial charge in [0.2, 0.25) is 0 Å². The van der Waals surface area contributed by atoms with Gasteiger partial charge in [-0.25, -0.2) is 0 Å². The molecule has 0 aliphatic carbocycles. The van der Waals surface area contributed by atoms with Crippen molar-refractivity contribution in [2.24, 2.45) is 0 Å². The van der Waals surface area contributed by atoms with Crippen molar-refractivity contribution in [2.45, 2.75) is 25.3 Å². The van der Waals surface area contributed by atoms with Gasteiger partial charge >= 0.3 is 0 Å². The number of hydrogen-bond acceptors (Lipinski definition) is 4. The van der Waals surface area contributed by atoms with E-state index in [4.69, 9.17) is 0 Å². The van der Waals surface area contributed by atoms with E-state index in [1.807, 2.05) is 30.1 Å². The highest BCUT2D eigenvalue weighted by atomic mass is 16.2. The molecular weight excluding hydrogens is 264 g/mol. The summed E-state index contributed by atoms with van der Waals surface area (Å²) in [6.07, 6.45) is 6.61. The molecule has 1 fully saturated rings. The first kappa shape index (κ1) is 13.9. The number of aromatic nitrogens is 2. The van der Waals surface area contributed by atoms with E-state index in [0.717, 1.165) is 31.4 Å². The molecule has 21 heavy (non-hydrogen) atoms. The molecule has 1 aliphatic heterocycles. The van der Waals surface area contributed by atoms with E-state index in [1.54, 1.807) is 12.4 Å². The van der Waals surface area contributed by atoms with Crippen molar-refractivity contribution in [1.29, 1.82) is 0 Å². The van der Waals surface area contributed by atoms with Crippen molar-refractivity contribution < 1.29 is 4.79 Å². The van der Waals surface area contributed by atoms with Crippen molar-refractivity contribution in [3.63, 3.8) is 0 Å². The number of hydrogen-bond donors (Lipinski definition) is 1. The fourth-order valence-corrected chi connectivity index (χ4v) is 3.04. The number of likely N-dealkylation sites (tertiary alicyclic amines) is 1. The number of likely N-dealkylation sites (N-methyl/N-ethyl adjacent to an activating group) is 1. The smallest absolute Gasteiger partial charge is 0.256 e. The van der Waals surface area contributed by atoms with Gasteiger partial charge in [-0.1, -0.05) is 6.07 Å². The van der Waals surface area contributed by atoms with Crippen LogP contribution < -0.4 is 5.32 Å². The predicted octanol–water partition coefficient (Wildman–Crippen LogP) is 1.84. The van der Waals surface area contributed by atoms with Gasteiger partial charge in [-0.3, -0.25) is 14.8 Å². The summed E-state index contributed by atoms with van der Waals surface area (Å²) in [6, 6.07) is 5.88. The minimum absolute atomic E-state index is 0.0704. The Morgan fingerprint density at radius 2 is 2.19 bits per heavy atom. The number of piperidine rings is 1. The van der Waals surface area contributed by atoms with Gasteiger partial charge in [-0.05, 0) is 38.4 Å². The summed E-state index contributed by atoms with van der Waals surface area (Å²) in [6.45, 7) is 1.66. The molecule has 0 spiro atoms. The second-order valence-electron chi connectivity index (χ2n) is 5.44. The molecule has 1 saturated heterocycles. The lowest BCUT2D eigenvalue weighted by molar-refractivity contribution is 0.0617. The third kappa shape index (κ3) is 2.74. The molecular formula is C16H20N4O. The van der Waals surface area contributed by atoms with E-state index < -0.39 is 0 Å². The molecule has 5 heteroatoms. The first-order valence-corrected chi connectivity index (χ1v) is 7.46. The quantitative estimate of drug-likeness (QED) is 0.934. The minimum atomic E-state index is 0.0704. The number of benzene rings is 1. The van der Waals surface area contributed by atoms with Crippen LogP contribution in [0.15, 0.2) is 30.6 Å². The highest BCUT2D eigenvalue weighted by Crippen LogP contribution is 2.22. The Labute approximate surface area is 124 Å². The summed E-state index contributed by atoms with van der Waals surface area (Å²) in [7, 11) is 1.93. The standard InChI is InChI=1S/C16H20N4O/c1-17-11-12-5-2-3-10-20(12)16(21)13-6-4-7-14-15(13)19-9-8-18-14/h4,6-9,12,17H,2-3,5,10-11H2,1H3. The zero-order valence-corrected chi connectivity index (χ0v) is 12.2. The maximum Gasteiger partial charge on any atom is 0.256 e. The maximum absolute atomic E-state index is 12.9. The lowest BCUT2D eigenvalue weighted by atomic mass is 10.0. The Morgan fingerprint density at radius 1 is 1.33 bits per heavy atom. The number of amides is 1. The van der Waals surface area contributed by atoms with Gasteiger partial charge in [0, 0.05) is 31.5 Å². The highest BCUT2D eigenvalue weighted by Gasteiger charge is 2.28. The molecule has 2 heterocycles. The fourth-order valence-electron chi connectivity index (χ4n) is 3.04. The second-order valence-corrected chi connectivity index (χ2v) is 5.44. The van der Waals surface area contributed by atoms with E-state index in [0.29, 0.717) is 11.1 Å². The molecule has 0 radical (unpaired) electrons. The number of fused-ring (bicyclic) bond motifs is 1. The molecule has 1 atom stereocenters. The Balaban J connectivity index is 1.95. The van der Waals surface area contributed by atoms with Crippen LogP contribution in [0.2, 0.25) is 0 Å². The molecule has 1 aliphatic rings. The first-order valence-electron chi connectivity index (χ1n) is 7.46. The molecule has 1 aromatic heterocycles. The average Bonchev–Trinajstić information content (AvgIpc) is 2.54. The van der Waals surface area contributed by atoms with Crippen LogP contribution in [0.4, 0.5) is 0 Å². The van der Waals surface area contributed by atoms with Crippen molar-refractivity contribution in [3.8, 4) is 0 Å². The number of carbonyl (C=O) groups excluding carboxylic acids is 1. The van der Waals surface area contributed by atoms with Crippen LogP contribution >= 0.6 is 0 Å². The molecule has 1 aromatic carbocycles. The lowest BCUT2D eigenvalue weighted by Crippen LogP contribution is -2.48. The van der Waals surface area contributed by atoms with Gasteiger partial charge in [0.05, 0.1) is 11.1 Å². The monoisotopic (exact) mass is 284 g/mol. The van der Waals surface area contributed by atoms with E-state index in [9.17, 15) is 4.79 Å². The molecule has 110 valence electrons. The maximum atomic E-state index is 12.9. The van der Waals surface area contributed by atoms with Crippen molar-refractivity contribution in [3.05, 3.63) is 36.2 Å². The normalized spacial score (nSPS) is 18.9. The number of rotatable bonds is 3. The summed E-state index contributed by atoms with van der Waals surface area (Å²) >= 11 is 0. The van der Waals surface area contributed by atoms with E-state index in [2.05, 4.69) is 15.3 Å². The largest absolute Gasteiger partial charge is 0.334 e. The third-order valence-electron chi connectivity index (χ3n) is 4.06.